The summed E-state index contributed by atoms with van der Waals surface area (Å²) in [6.45, 7) is 9.53. The summed E-state index contributed by atoms with van der Waals surface area (Å²) in [5.74, 6) is 0.994. The molecule has 1 aromatic carbocycles. The van der Waals surface area contributed by atoms with Gasteiger partial charge in [0.15, 0.2) is 9.84 Å². The minimum atomic E-state index is -2.95. The molecule has 1 heterocycles. The van der Waals surface area contributed by atoms with Crippen LogP contribution in [-0.2, 0) is 21.1 Å². The molecule has 0 aliphatic carbocycles. The molecule has 1 N–H and O–H groups in total. The second kappa shape index (κ2) is 10.4. The average molecular weight is 409 g/mol. The molecule has 2 atom stereocenters. The van der Waals surface area contributed by atoms with Gasteiger partial charge in [-0.25, -0.2) is 8.42 Å². The normalized spacial score (nSPS) is 19.9. The molecule has 5 nitrogen and oxygen atoms in total. The minimum absolute atomic E-state index is 0.0343. The second-order valence-corrected chi connectivity index (χ2v) is 10.7. The zero-order chi connectivity index (χ0) is 20.7. The van der Waals surface area contributed by atoms with Gasteiger partial charge in [0.25, 0.3) is 0 Å². The van der Waals surface area contributed by atoms with Crippen molar-refractivity contribution in [3.63, 3.8) is 0 Å². The van der Waals surface area contributed by atoms with Crippen LogP contribution in [0, 0.1) is 5.92 Å². The van der Waals surface area contributed by atoms with E-state index in [1.54, 1.807) is 0 Å². The Labute approximate surface area is 170 Å². The maximum Gasteiger partial charge on any atom is 0.234 e. The van der Waals surface area contributed by atoms with Crippen molar-refractivity contribution in [1.82, 2.24) is 10.2 Å². The van der Waals surface area contributed by atoms with Gasteiger partial charge in [-0.1, -0.05) is 51.5 Å². The average Bonchev–Trinajstić information content (AvgIpc) is 2.98. The molecule has 6 heteroatoms. The first-order valence-electron chi connectivity index (χ1n) is 10.5. The molecule has 1 fully saturated rings. The molecule has 1 amide bonds. The first-order chi connectivity index (χ1) is 13.2. The standard InChI is InChI=1S/C22H36N2O3S/c1-5-6-12-24(21-11-13-28(26,27)16-21)15-22(25)23-18(4)20-9-7-19(8-10-20)14-17(2)3/h7-10,17-18,21H,5-6,11-16H2,1-4H3,(H,23,25). The van der Waals surface area contributed by atoms with E-state index in [9.17, 15) is 13.2 Å². The third-order valence-electron chi connectivity index (χ3n) is 5.37. The van der Waals surface area contributed by atoms with E-state index < -0.39 is 9.84 Å². The van der Waals surface area contributed by atoms with Crippen LogP contribution in [0.25, 0.3) is 0 Å². The lowest BCUT2D eigenvalue weighted by Gasteiger charge is -2.28. The molecule has 0 aromatic heterocycles. The molecule has 2 rings (SSSR count). The third-order valence-corrected chi connectivity index (χ3v) is 7.12. The Kier molecular flexibility index (Phi) is 8.50. The predicted octanol–water partition coefficient (Wildman–Crippen LogP) is 3.35. The quantitative estimate of drug-likeness (QED) is 0.645. The molecule has 0 bridgehead atoms. The summed E-state index contributed by atoms with van der Waals surface area (Å²) in [6.07, 6.45) is 3.68. The zero-order valence-electron chi connectivity index (χ0n) is 17.8. The van der Waals surface area contributed by atoms with Crippen molar-refractivity contribution in [3.05, 3.63) is 35.4 Å². The molecular weight excluding hydrogens is 372 g/mol. The van der Waals surface area contributed by atoms with Gasteiger partial charge in [-0.15, -0.1) is 0 Å². The van der Waals surface area contributed by atoms with Gasteiger partial charge >= 0.3 is 0 Å². The fraction of sp³-hybridized carbons (Fsp3) is 0.682. The highest BCUT2D eigenvalue weighted by molar-refractivity contribution is 7.91. The van der Waals surface area contributed by atoms with Crippen LogP contribution in [0.4, 0.5) is 0 Å². The summed E-state index contributed by atoms with van der Waals surface area (Å²) in [7, 11) is -2.95. The van der Waals surface area contributed by atoms with Crippen LogP contribution in [0.3, 0.4) is 0 Å². The Hall–Kier alpha value is -1.40. The molecule has 0 radical (unpaired) electrons. The lowest BCUT2D eigenvalue weighted by atomic mass is 10.00. The van der Waals surface area contributed by atoms with E-state index in [0.29, 0.717) is 12.3 Å². The number of hydrogen-bond acceptors (Lipinski definition) is 4. The van der Waals surface area contributed by atoms with Crippen LogP contribution in [0.2, 0.25) is 0 Å². The van der Waals surface area contributed by atoms with Gasteiger partial charge in [-0.3, -0.25) is 9.69 Å². The number of nitrogens with zero attached hydrogens (tertiary/aromatic N) is 1. The van der Waals surface area contributed by atoms with Crippen molar-refractivity contribution in [3.8, 4) is 0 Å². The molecular formula is C22H36N2O3S. The largest absolute Gasteiger partial charge is 0.348 e. The van der Waals surface area contributed by atoms with Gasteiger partial charge in [0.2, 0.25) is 5.91 Å². The molecule has 2 unspecified atom stereocenters. The first-order valence-corrected chi connectivity index (χ1v) is 12.3. The molecule has 1 aromatic rings. The topological polar surface area (TPSA) is 66.5 Å². The molecule has 158 valence electrons. The minimum Gasteiger partial charge on any atom is -0.348 e. The van der Waals surface area contributed by atoms with Crippen molar-refractivity contribution >= 4 is 15.7 Å². The lowest BCUT2D eigenvalue weighted by Crippen LogP contribution is -2.44. The Bertz CT molecular complexity index is 729. The van der Waals surface area contributed by atoms with Gasteiger partial charge < -0.3 is 5.32 Å². The van der Waals surface area contributed by atoms with E-state index in [1.165, 1.54) is 5.56 Å². The fourth-order valence-corrected chi connectivity index (χ4v) is 5.55. The van der Waals surface area contributed by atoms with E-state index in [-0.39, 0.29) is 36.0 Å². The molecule has 0 saturated carbocycles. The summed E-state index contributed by atoms with van der Waals surface area (Å²) < 4.78 is 23.7. The highest BCUT2D eigenvalue weighted by atomic mass is 32.2. The van der Waals surface area contributed by atoms with Crippen molar-refractivity contribution in [2.45, 2.75) is 65.5 Å². The lowest BCUT2D eigenvalue weighted by molar-refractivity contribution is -0.123. The predicted molar refractivity (Wildman–Crippen MR) is 115 cm³/mol. The Morgan fingerprint density at radius 3 is 2.43 bits per heavy atom. The van der Waals surface area contributed by atoms with Crippen molar-refractivity contribution in [2.75, 3.05) is 24.6 Å². The van der Waals surface area contributed by atoms with Crippen molar-refractivity contribution < 1.29 is 13.2 Å². The van der Waals surface area contributed by atoms with E-state index >= 15 is 0 Å². The fourth-order valence-electron chi connectivity index (χ4n) is 3.78. The Balaban J connectivity index is 1.93. The summed E-state index contributed by atoms with van der Waals surface area (Å²) in [4.78, 5) is 14.7. The van der Waals surface area contributed by atoms with E-state index in [1.807, 2.05) is 6.92 Å². The maximum atomic E-state index is 12.6. The number of carbonyl (C=O) groups is 1. The third kappa shape index (κ3) is 7.21. The van der Waals surface area contributed by atoms with E-state index in [4.69, 9.17) is 0 Å². The van der Waals surface area contributed by atoms with Gasteiger partial charge in [0, 0.05) is 6.04 Å². The number of rotatable bonds is 10. The van der Waals surface area contributed by atoms with Crippen LogP contribution in [0.1, 0.15) is 64.1 Å². The highest BCUT2D eigenvalue weighted by Crippen LogP contribution is 2.19. The van der Waals surface area contributed by atoms with Crippen LogP contribution >= 0.6 is 0 Å². The highest BCUT2D eigenvalue weighted by Gasteiger charge is 2.32. The summed E-state index contributed by atoms with van der Waals surface area (Å²) >= 11 is 0. The summed E-state index contributed by atoms with van der Waals surface area (Å²) in [6, 6.07) is 8.33. The number of unbranched alkanes of at least 4 members (excludes halogenated alkanes) is 1. The summed E-state index contributed by atoms with van der Waals surface area (Å²) in [5.41, 5.74) is 2.40. The molecule has 0 spiro atoms. The number of benzene rings is 1. The van der Waals surface area contributed by atoms with Crippen LogP contribution in [-0.4, -0.2) is 49.9 Å². The van der Waals surface area contributed by atoms with E-state index in [0.717, 1.165) is 31.4 Å². The number of amides is 1. The SMILES string of the molecule is CCCCN(CC(=O)NC(C)c1ccc(CC(C)C)cc1)C1CCS(=O)(=O)C1. The van der Waals surface area contributed by atoms with Crippen molar-refractivity contribution in [2.24, 2.45) is 5.92 Å². The first kappa shape index (κ1) is 22.9. The number of carbonyl (C=O) groups excluding carboxylic acids is 1. The second-order valence-electron chi connectivity index (χ2n) is 8.51. The van der Waals surface area contributed by atoms with Crippen molar-refractivity contribution in [1.29, 1.82) is 0 Å². The van der Waals surface area contributed by atoms with Gasteiger partial charge in [0.1, 0.15) is 0 Å². The van der Waals surface area contributed by atoms with Crippen LogP contribution in [0.5, 0.6) is 0 Å². The van der Waals surface area contributed by atoms with E-state index in [2.05, 4.69) is 55.3 Å². The van der Waals surface area contributed by atoms with Crippen LogP contribution < -0.4 is 5.32 Å². The van der Waals surface area contributed by atoms with Crippen LogP contribution in [0.15, 0.2) is 24.3 Å². The smallest absolute Gasteiger partial charge is 0.234 e. The zero-order valence-corrected chi connectivity index (χ0v) is 18.6. The molecule has 1 aliphatic heterocycles. The number of sulfone groups is 1. The Morgan fingerprint density at radius 2 is 1.89 bits per heavy atom. The molecule has 1 saturated heterocycles. The molecule has 1 aliphatic rings. The molecule has 28 heavy (non-hydrogen) atoms. The summed E-state index contributed by atoms with van der Waals surface area (Å²) in [5, 5.41) is 3.08. The number of nitrogens with one attached hydrogen (secondary N) is 1. The number of hydrogen-bond donors (Lipinski definition) is 1. The van der Waals surface area contributed by atoms with Gasteiger partial charge in [0.05, 0.1) is 24.1 Å². The van der Waals surface area contributed by atoms with Gasteiger partial charge in [-0.2, -0.15) is 0 Å². The van der Waals surface area contributed by atoms with Gasteiger partial charge in [-0.05, 0) is 49.8 Å². The monoisotopic (exact) mass is 408 g/mol. The maximum absolute atomic E-state index is 12.6. The Morgan fingerprint density at radius 1 is 1.21 bits per heavy atom.